The van der Waals surface area contributed by atoms with Crippen LogP contribution in [0.2, 0.25) is 0 Å². The van der Waals surface area contributed by atoms with E-state index in [2.05, 4.69) is 22.9 Å². The van der Waals surface area contributed by atoms with Crippen LogP contribution in [0.15, 0.2) is 12.1 Å². The highest BCUT2D eigenvalue weighted by Crippen LogP contribution is 2.26. The van der Waals surface area contributed by atoms with Crippen molar-refractivity contribution in [1.82, 2.24) is 14.8 Å². The van der Waals surface area contributed by atoms with Gasteiger partial charge in [0.2, 0.25) is 0 Å². The molecule has 0 spiro atoms. The summed E-state index contributed by atoms with van der Waals surface area (Å²) >= 11 is 0. The summed E-state index contributed by atoms with van der Waals surface area (Å²) < 4.78 is 4.88. The van der Waals surface area contributed by atoms with Crippen molar-refractivity contribution in [2.75, 3.05) is 39.0 Å². The molecule has 1 aliphatic heterocycles. The van der Waals surface area contributed by atoms with E-state index in [1.807, 2.05) is 11.0 Å². The molecule has 1 amide bonds. The molecule has 150 valence electrons. The quantitative estimate of drug-likeness (QED) is 0.828. The van der Waals surface area contributed by atoms with Gasteiger partial charge in [-0.3, -0.25) is 0 Å². The van der Waals surface area contributed by atoms with Crippen molar-refractivity contribution in [3.63, 3.8) is 0 Å². The van der Waals surface area contributed by atoms with E-state index in [1.54, 1.807) is 0 Å². The fourth-order valence-electron chi connectivity index (χ4n) is 4.70. The van der Waals surface area contributed by atoms with Gasteiger partial charge in [0.15, 0.2) is 0 Å². The van der Waals surface area contributed by atoms with E-state index >= 15 is 0 Å². The predicted molar refractivity (Wildman–Crippen MR) is 108 cm³/mol. The molecule has 2 aliphatic rings. The molecule has 0 saturated carbocycles. The van der Waals surface area contributed by atoms with Crippen LogP contribution < -0.4 is 5.73 Å². The number of nitrogens with zero attached hydrogens (tertiary/aromatic N) is 3. The minimum atomic E-state index is -0.176. The number of anilines is 1. The van der Waals surface area contributed by atoms with E-state index < -0.39 is 0 Å². The average Bonchev–Trinajstić information content (AvgIpc) is 2.70. The van der Waals surface area contributed by atoms with Crippen LogP contribution >= 0.6 is 0 Å². The summed E-state index contributed by atoms with van der Waals surface area (Å²) in [5, 5.41) is 0. The highest BCUT2D eigenvalue weighted by atomic mass is 16.5. The van der Waals surface area contributed by atoms with Gasteiger partial charge in [-0.2, -0.15) is 0 Å². The number of nitrogen functional groups attached to an aromatic ring is 1. The fourth-order valence-corrected chi connectivity index (χ4v) is 4.70. The molecule has 2 heterocycles. The smallest absolute Gasteiger partial charge is 0.409 e. The van der Waals surface area contributed by atoms with Gasteiger partial charge in [-0.05, 0) is 75.6 Å². The number of amides is 1. The molecule has 1 fully saturated rings. The topological polar surface area (TPSA) is 71.7 Å². The zero-order chi connectivity index (χ0) is 19.2. The van der Waals surface area contributed by atoms with Crippen LogP contribution in [-0.4, -0.2) is 60.2 Å². The molecule has 0 bridgehead atoms. The van der Waals surface area contributed by atoms with Gasteiger partial charge in [0.25, 0.3) is 0 Å². The number of ether oxygens (including phenoxy) is 1. The summed E-state index contributed by atoms with van der Waals surface area (Å²) in [6.45, 7) is 6.16. The van der Waals surface area contributed by atoms with Crippen LogP contribution in [0.25, 0.3) is 0 Å². The Hall–Kier alpha value is -1.82. The second kappa shape index (κ2) is 9.40. The Bertz CT molecular complexity index is 637. The number of piperidine rings is 1. The standard InChI is InChI=1S/C21H34N4O2/c1-3-24(18-9-10-19-17(14-18)8-11-20(22)23-19)12-4-6-16-7-5-13-25(15-16)21(26)27-2/h8,11,16,18H,3-7,9-10,12-15H2,1-2H3,(H2,22,23). The molecule has 0 radical (unpaired) electrons. The third-order valence-corrected chi connectivity index (χ3v) is 6.19. The molecule has 1 aliphatic carbocycles. The summed E-state index contributed by atoms with van der Waals surface area (Å²) in [6.07, 6.45) is 7.79. The highest BCUT2D eigenvalue weighted by molar-refractivity contribution is 5.67. The van der Waals surface area contributed by atoms with E-state index in [0.29, 0.717) is 17.8 Å². The second-order valence-electron chi connectivity index (χ2n) is 7.93. The van der Waals surface area contributed by atoms with E-state index in [1.165, 1.54) is 37.6 Å². The normalized spacial score (nSPS) is 22.6. The second-order valence-corrected chi connectivity index (χ2v) is 7.93. The van der Waals surface area contributed by atoms with Gasteiger partial charge < -0.3 is 20.3 Å². The molecule has 2 N–H and O–H groups in total. The Balaban J connectivity index is 1.47. The van der Waals surface area contributed by atoms with E-state index in [9.17, 15) is 4.79 Å². The van der Waals surface area contributed by atoms with E-state index in [4.69, 9.17) is 10.5 Å². The lowest BCUT2D eigenvalue weighted by Crippen LogP contribution is -2.41. The van der Waals surface area contributed by atoms with Crippen molar-refractivity contribution in [2.45, 2.75) is 57.9 Å². The zero-order valence-corrected chi connectivity index (χ0v) is 16.8. The number of hydrogen-bond donors (Lipinski definition) is 1. The lowest BCUT2D eigenvalue weighted by Gasteiger charge is -2.35. The summed E-state index contributed by atoms with van der Waals surface area (Å²) in [7, 11) is 1.47. The molecule has 6 nitrogen and oxygen atoms in total. The maximum absolute atomic E-state index is 11.8. The SMILES string of the molecule is CCN(CCCC1CCCN(C(=O)OC)C1)C1CCc2nc(N)ccc2C1. The molecule has 1 aromatic rings. The van der Waals surface area contributed by atoms with Crippen LogP contribution in [-0.2, 0) is 17.6 Å². The first kappa shape index (κ1) is 19.9. The Morgan fingerprint density at radius 3 is 3.04 bits per heavy atom. The Morgan fingerprint density at radius 1 is 1.41 bits per heavy atom. The number of carbonyl (C=O) groups excluding carboxylic acids is 1. The van der Waals surface area contributed by atoms with Crippen LogP contribution in [0, 0.1) is 5.92 Å². The summed E-state index contributed by atoms with van der Waals surface area (Å²) in [6, 6.07) is 4.68. The van der Waals surface area contributed by atoms with Crippen LogP contribution in [0.5, 0.6) is 0 Å². The molecule has 1 aromatic heterocycles. The molecular weight excluding hydrogens is 340 g/mol. The maximum Gasteiger partial charge on any atom is 0.409 e. The summed E-state index contributed by atoms with van der Waals surface area (Å²) in [5.74, 6) is 1.24. The number of pyridine rings is 1. The number of carbonyl (C=O) groups is 1. The molecule has 1 saturated heterocycles. The number of rotatable bonds is 6. The molecule has 2 unspecified atom stereocenters. The first-order valence-corrected chi connectivity index (χ1v) is 10.4. The van der Waals surface area contributed by atoms with Crippen LogP contribution in [0.3, 0.4) is 0 Å². The minimum Gasteiger partial charge on any atom is -0.453 e. The van der Waals surface area contributed by atoms with Gasteiger partial charge in [0.1, 0.15) is 5.82 Å². The van der Waals surface area contributed by atoms with E-state index in [0.717, 1.165) is 51.9 Å². The number of nitrogens with two attached hydrogens (primary N) is 1. The van der Waals surface area contributed by atoms with Crippen molar-refractivity contribution < 1.29 is 9.53 Å². The predicted octanol–water partition coefficient (Wildman–Crippen LogP) is 3.10. The van der Waals surface area contributed by atoms with Gasteiger partial charge in [-0.15, -0.1) is 0 Å². The zero-order valence-electron chi connectivity index (χ0n) is 16.8. The van der Waals surface area contributed by atoms with Crippen molar-refractivity contribution in [2.24, 2.45) is 5.92 Å². The van der Waals surface area contributed by atoms with Crippen LogP contribution in [0.1, 0.15) is 50.3 Å². The third-order valence-electron chi connectivity index (χ3n) is 6.19. The number of hydrogen-bond acceptors (Lipinski definition) is 5. The molecule has 27 heavy (non-hydrogen) atoms. The lowest BCUT2D eigenvalue weighted by atomic mass is 9.90. The monoisotopic (exact) mass is 374 g/mol. The lowest BCUT2D eigenvalue weighted by molar-refractivity contribution is 0.0985. The average molecular weight is 375 g/mol. The Labute approximate surface area is 163 Å². The fraction of sp³-hybridized carbons (Fsp3) is 0.714. The van der Waals surface area contributed by atoms with Crippen molar-refractivity contribution in [3.05, 3.63) is 23.4 Å². The number of aryl methyl sites for hydroxylation is 1. The minimum absolute atomic E-state index is 0.176. The molecular formula is C21H34N4O2. The number of methoxy groups -OCH3 is 1. The third kappa shape index (κ3) is 5.12. The number of fused-ring (bicyclic) bond motifs is 1. The molecule has 3 rings (SSSR count). The maximum atomic E-state index is 11.8. The summed E-state index contributed by atoms with van der Waals surface area (Å²) in [5.41, 5.74) is 8.37. The molecule has 0 aromatic carbocycles. The van der Waals surface area contributed by atoms with Gasteiger partial charge >= 0.3 is 6.09 Å². The molecule has 6 heteroatoms. The van der Waals surface area contributed by atoms with Gasteiger partial charge in [-0.25, -0.2) is 9.78 Å². The van der Waals surface area contributed by atoms with Crippen molar-refractivity contribution in [1.29, 1.82) is 0 Å². The number of likely N-dealkylation sites (tertiary alicyclic amines) is 1. The van der Waals surface area contributed by atoms with Crippen molar-refractivity contribution >= 4 is 11.9 Å². The van der Waals surface area contributed by atoms with Gasteiger partial charge in [0, 0.05) is 24.8 Å². The Morgan fingerprint density at radius 2 is 2.26 bits per heavy atom. The highest BCUT2D eigenvalue weighted by Gasteiger charge is 2.26. The summed E-state index contributed by atoms with van der Waals surface area (Å²) in [4.78, 5) is 20.7. The largest absolute Gasteiger partial charge is 0.453 e. The Kier molecular flexibility index (Phi) is 6.94. The van der Waals surface area contributed by atoms with Gasteiger partial charge in [0.05, 0.1) is 7.11 Å². The van der Waals surface area contributed by atoms with Crippen molar-refractivity contribution in [3.8, 4) is 0 Å². The van der Waals surface area contributed by atoms with E-state index in [-0.39, 0.29) is 6.09 Å². The molecule has 2 atom stereocenters. The van der Waals surface area contributed by atoms with Crippen LogP contribution in [0.4, 0.5) is 10.6 Å². The van der Waals surface area contributed by atoms with Gasteiger partial charge in [-0.1, -0.05) is 13.0 Å². The number of likely N-dealkylation sites (N-methyl/N-ethyl adjacent to an activating group) is 1. The first-order valence-electron chi connectivity index (χ1n) is 10.4. The number of aromatic nitrogens is 1. The first-order chi connectivity index (χ1) is 13.1.